The van der Waals surface area contributed by atoms with Gasteiger partial charge in [0.25, 0.3) is 5.95 Å². The van der Waals surface area contributed by atoms with Crippen LogP contribution in [0, 0.1) is 5.92 Å². The van der Waals surface area contributed by atoms with Crippen LogP contribution in [0.2, 0.25) is 0 Å². The highest BCUT2D eigenvalue weighted by molar-refractivity contribution is 5.91. The van der Waals surface area contributed by atoms with Crippen molar-refractivity contribution in [3.63, 3.8) is 0 Å². The van der Waals surface area contributed by atoms with Crippen molar-refractivity contribution in [2.75, 3.05) is 11.9 Å². The Morgan fingerprint density at radius 3 is 3.13 bits per heavy atom. The number of rotatable bonds is 2. The SMILES string of the molecule is C[C@H]1NCCC[C@H]1C(=O)Nc1nn[nH]n1. The minimum atomic E-state index is -0.0453. The molecule has 7 heteroatoms. The zero-order valence-corrected chi connectivity index (χ0v) is 8.53. The number of tetrazole rings is 1. The van der Waals surface area contributed by atoms with Crippen LogP contribution in [0.1, 0.15) is 19.8 Å². The zero-order valence-electron chi connectivity index (χ0n) is 8.53. The van der Waals surface area contributed by atoms with Crippen molar-refractivity contribution in [2.24, 2.45) is 5.92 Å². The van der Waals surface area contributed by atoms with Gasteiger partial charge in [0.15, 0.2) is 0 Å². The first-order valence-electron chi connectivity index (χ1n) is 5.05. The fourth-order valence-corrected chi connectivity index (χ4v) is 1.82. The molecule has 0 radical (unpaired) electrons. The molecule has 82 valence electrons. The van der Waals surface area contributed by atoms with Crippen molar-refractivity contribution in [2.45, 2.75) is 25.8 Å². The van der Waals surface area contributed by atoms with Gasteiger partial charge in [0.05, 0.1) is 5.92 Å². The molecule has 0 aliphatic carbocycles. The summed E-state index contributed by atoms with van der Waals surface area (Å²) in [6.07, 6.45) is 1.92. The Labute approximate surface area is 87.0 Å². The number of nitrogens with one attached hydrogen (secondary N) is 3. The minimum Gasteiger partial charge on any atom is -0.313 e. The van der Waals surface area contributed by atoms with Crippen LogP contribution in [-0.4, -0.2) is 39.1 Å². The van der Waals surface area contributed by atoms with Gasteiger partial charge in [0.1, 0.15) is 0 Å². The Morgan fingerprint density at radius 1 is 1.60 bits per heavy atom. The van der Waals surface area contributed by atoms with Crippen LogP contribution in [0.15, 0.2) is 0 Å². The highest BCUT2D eigenvalue weighted by Gasteiger charge is 2.27. The van der Waals surface area contributed by atoms with E-state index in [9.17, 15) is 4.79 Å². The summed E-state index contributed by atoms with van der Waals surface area (Å²) in [6, 6.07) is 0.200. The molecule has 2 atom stereocenters. The predicted octanol–water partition coefficient (Wildman–Crippen LogP) is -0.474. The highest BCUT2D eigenvalue weighted by Crippen LogP contribution is 2.17. The van der Waals surface area contributed by atoms with Crippen molar-refractivity contribution in [1.29, 1.82) is 0 Å². The topological polar surface area (TPSA) is 95.6 Å². The monoisotopic (exact) mass is 210 g/mol. The number of aromatic amines is 1. The van der Waals surface area contributed by atoms with E-state index in [1.807, 2.05) is 6.92 Å². The summed E-state index contributed by atoms with van der Waals surface area (Å²) in [7, 11) is 0. The lowest BCUT2D eigenvalue weighted by atomic mass is 9.91. The van der Waals surface area contributed by atoms with Gasteiger partial charge in [-0.05, 0) is 31.5 Å². The molecule has 0 spiro atoms. The fraction of sp³-hybridized carbons (Fsp3) is 0.750. The van der Waals surface area contributed by atoms with Crippen LogP contribution < -0.4 is 10.6 Å². The second kappa shape index (κ2) is 4.35. The van der Waals surface area contributed by atoms with E-state index in [2.05, 4.69) is 31.3 Å². The lowest BCUT2D eigenvalue weighted by Crippen LogP contribution is -2.44. The van der Waals surface area contributed by atoms with E-state index in [1.165, 1.54) is 0 Å². The van der Waals surface area contributed by atoms with Gasteiger partial charge in [-0.3, -0.25) is 10.1 Å². The van der Waals surface area contributed by atoms with Gasteiger partial charge in [0, 0.05) is 6.04 Å². The molecule has 15 heavy (non-hydrogen) atoms. The van der Waals surface area contributed by atoms with E-state index in [0.717, 1.165) is 19.4 Å². The lowest BCUT2D eigenvalue weighted by molar-refractivity contribution is -0.121. The minimum absolute atomic E-state index is 0.0164. The molecule has 1 aliphatic rings. The molecule has 0 saturated carbocycles. The number of piperidine rings is 1. The highest BCUT2D eigenvalue weighted by atomic mass is 16.2. The molecule has 3 N–H and O–H groups in total. The maximum Gasteiger partial charge on any atom is 0.269 e. The normalized spacial score (nSPS) is 26.2. The number of hydrogen-bond acceptors (Lipinski definition) is 5. The average molecular weight is 210 g/mol. The van der Waals surface area contributed by atoms with E-state index < -0.39 is 0 Å². The first kappa shape index (κ1) is 10.0. The molecular formula is C8H14N6O. The summed E-state index contributed by atoms with van der Waals surface area (Å²) in [6.45, 7) is 2.99. The number of hydrogen-bond donors (Lipinski definition) is 3. The van der Waals surface area contributed by atoms with E-state index in [1.54, 1.807) is 0 Å². The van der Waals surface area contributed by atoms with Crippen LogP contribution in [0.3, 0.4) is 0 Å². The Kier molecular flexibility index (Phi) is 2.91. The molecule has 1 aromatic heterocycles. The summed E-state index contributed by atoms with van der Waals surface area (Å²) < 4.78 is 0. The molecule has 0 aromatic carbocycles. The summed E-state index contributed by atoms with van der Waals surface area (Å²) in [5.74, 6) is 0.172. The van der Waals surface area contributed by atoms with Gasteiger partial charge < -0.3 is 5.32 Å². The quantitative estimate of drug-likeness (QED) is 0.613. The van der Waals surface area contributed by atoms with Crippen LogP contribution in [-0.2, 0) is 4.79 Å². The third kappa shape index (κ3) is 2.30. The molecule has 0 unspecified atom stereocenters. The maximum atomic E-state index is 11.8. The van der Waals surface area contributed by atoms with Crippen molar-refractivity contribution >= 4 is 11.9 Å². The second-order valence-electron chi connectivity index (χ2n) is 3.72. The third-order valence-electron chi connectivity index (χ3n) is 2.68. The number of aromatic nitrogens is 4. The Balaban J connectivity index is 1.95. The summed E-state index contributed by atoms with van der Waals surface area (Å²) >= 11 is 0. The molecule has 0 bridgehead atoms. The number of anilines is 1. The van der Waals surface area contributed by atoms with Gasteiger partial charge in [0.2, 0.25) is 5.91 Å². The van der Waals surface area contributed by atoms with E-state index in [0.29, 0.717) is 0 Å². The molecule has 1 saturated heterocycles. The molecule has 1 amide bonds. The number of carbonyl (C=O) groups excluding carboxylic acids is 1. The number of H-pyrrole nitrogens is 1. The zero-order chi connectivity index (χ0) is 10.7. The predicted molar refractivity (Wildman–Crippen MR) is 53.0 cm³/mol. The smallest absolute Gasteiger partial charge is 0.269 e. The summed E-state index contributed by atoms with van der Waals surface area (Å²) in [5, 5.41) is 18.9. The first-order chi connectivity index (χ1) is 7.27. The average Bonchev–Trinajstić information content (AvgIpc) is 2.71. The largest absolute Gasteiger partial charge is 0.313 e. The van der Waals surface area contributed by atoms with E-state index in [-0.39, 0.29) is 23.8 Å². The van der Waals surface area contributed by atoms with Gasteiger partial charge in [-0.15, -0.1) is 5.10 Å². The van der Waals surface area contributed by atoms with E-state index in [4.69, 9.17) is 0 Å². The molecular weight excluding hydrogens is 196 g/mol. The first-order valence-corrected chi connectivity index (χ1v) is 5.05. The van der Waals surface area contributed by atoms with Crippen molar-refractivity contribution in [3.05, 3.63) is 0 Å². The Morgan fingerprint density at radius 2 is 2.47 bits per heavy atom. The molecule has 2 heterocycles. The second-order valence-corrected chi connectivity index (χ2v) is 3.72. The summed E-state index contributed by atoms with van der Waals surface area (Å²) in [4.78, 5) is 11.8. The molecule has 1 aromatic rings. The summed E-state index contributed by atoms with van der Waals surface area (Å²) in [5.41, 5.74) is 0. The van der Waals surface area contributed by atoms with Gasteiger partial charge in [-0.25, -0.2) is 0 Å². The molecule has 7 nitrogen and oxygen atoms in total. The van der Waals surface area contributed by atoms with Crippen LogP contribution >= 0.6 is 0 Å². The van der Waals surface area contributed by atoms with Gasteiger partial charge in [-0.1, -0.05) is 5.10 Å². The van der Waals surface area contributed by atoms with Gasteiger partial charge >= 0.3 is 0 Å². The Bertz CT molecular complexity index is 324. The molecule has 1 fully saturated rings. The van der Waals surface area contributed by atoms with Crippen LogP contribution in [0.5, 0.6) is 0 Å². The number of nitrogens with zero attached hydrogens (tertiary/aromatic N) is 3. The van der Waals surface area contributed by atoms with Gasteiger partial charge in [-0.2, -0.15) is 5.21 Å². The molecule has 1 aliphatic heterocycles. The third-order valence-corrected chi connectivity index (χ3v) is 2.68. The van der Waals surface area contributed by atoms with E-state index >= 15 is 0 Å². The van der Waals surface area contributed by atoms with Crippen molar-refractivity contribution < 1.29 is 4.79 Å². The van der Waals surface area contributed by atoms with Crippen molar-refractivity contribution in [3.8, 4) is 0 Å². The maximum absolute atomic E-state index is 11.8. The Hall–Kier alpha value is -1.50. The number of amides is 1. The van der Waals surface area contributed by atoms with Crippen LogP contribution in [0.4, 0.5) is 5.95 Å². The fourth-order valence-electron chi connectivity index (χ4n) is 1.82. The van der Waals surface area contributed by atoms with Crippen molar-refractivity contribution in [1.82, 2.24) is 25.9 Å². The number of carbonyl (C=O) groups is 1. The lowest BCUT2D eigenvalue weighted by Gasteiger charge is -2.28. The van der Waals surface area contributed by atoms with Crippen LogP contribution in [0.25, 0.3) is 0 Å². The standard InChI is InChI=1S/C8H14N6O/c1-5-6(3-2-4-9-5)7(15)10-8-11-13-14-12-8/h5-6,9H,2-4H2,1H3,(H2,10,11,12,13,14,15)/t5-,6-/m1/s1. The molecule has 2 rings (SSSR count).